The maximum absolute atomic E-state index is 11.4. The number of anilines is 1. The fourth-order valence-electron chi connectivity index (χ4n) is 3.10. The lowest BCUT2D eigenvalue weighted by Gasteiger charge is -2.23. The quantitative estimate of drug-likeness (QED) is 0.815. The first-order valence-corrected chi connectivity index (χ1v) is 8.10. The van der Waals surface area contributed by atoms with Gasteiger partial charge in [-0.25, -0.2) is 13.4 Å². The Hall–Kier alpha value is -1.10. The topological polar surface area (TPSA) is 50.3 Å². The average molecular weight is 266 g/mol. The van der Waals surface area contributed by atoms with Crippen molar-refractivity contribution in [1.29, 1.82) is 0 Å². The summed E-state index contributed by atoms with van der Waals surface area (Å²) in [5.41, 5.74) is 0.489. The van der Waals surface area contributed by atoms with E-state index in [0.29, 0.717) is 5.41 Å². The Bertz CT molecular complexity index is 564. The molecule has 18 heavy (non-hydrogen) atoms. The predicted octanol–water partition coefficient (Wildman–Crippen LogP) is 1.58. The van der Waals surface area contributed by atoms with Crippen LogP contribution in [0.3, 0.4) is 0 Å². The number of fused-ring (bicyclic) bond motifs is 1. The molecule has 0 spiro atoms. The van der Waals surface area contributed by atoms with Crippen LogP contribution in [0.2, 0.25) is 0 Å². The van der Waals surface area contributed by atoms with E-state index in [1.54, 1.807) is 6.07 Å². The molecule has 0 aromatic carbocycles. The number of pyridine rings is 1. The summed E-state index contributed by atoms with van der Waals surface area (Å²) < 4.78 is 22.7. The fraction of sp³-hybridized carbons (Fsp3) is 0.615. The highest BCUT2D eigenvalue weighted by Crippen LogP contribution is 2.62. The van der Waals surface area contributed by atoms with Crippen LogP contribution in [-0.2, 0) is 9.84 Å². The van der Waals surface area contributed by atoms with Crippen molar-refractivity contribution in [3.05, 3.63) is 18.3 Å². The van der Waals surface area contributed by atoms with E-state index in [0.717, 1.165) is 30.7 Å². The second-order valence-electron chi connectivity index (χ2n) is 6.06. The summed E-state index contributed by atoms with van der Waals surface area (Å²) in [7, 11) is -3.14. The molecule has 1 aromatic heterocycles. The smallest absolute Gasteiger partial charge is 0.177 e. The van der Waals surface area contributed by atoms with E-state index in [1.165, 1.54) is 12.5 Å². The highest BCUT2D eigenvalue weighted by atomic mass is 32.2. The van der Waals surface area contributed by atoms with E-state index >= 15 is 0 Å². The highest BCUT2D eigenvalue weighted by Gasteiger charge is 2.62. The molecule has 2 heterocycles. The van der Waals surface area contributed by atoms with E-state index in [2.05, 4.69) is 23.7 Å². The van der Waals surface area contributed by atoms with Crippen LogP contribution < -0.4 is 4.90 Å². The molecule has 2 aliphatic rings. The molecular weight excluding hydrogens is 248 g/mol. The molecule has 1 saturated carbocycles. The van der Waals surface area contributed by atoms with Crippen LogP contribution in [0.1, 0.15) is 13.8 Å². The minimum absolute atomic E-state index is 0.288. The molecule has 1 aromatic rings. The molecule has 2 fully saturated rings. The average Bonchev–Trinajstić information content (AvgIpc) is 2.68. The van der Waals surface area contributed by atoms with E-state index in [9.17, 15) is 8.42 Å². The van der Waals surface area contributed by atoms with Gasteiger partial charge < -0.3 is 4.90 Å². The van der Waals surface area contributed by atoms with E-state index in [4.69, 9.17) is 0 Å². The normalized spacial score (nSPS) is 29.2. The van der Waals surface area contributed by atoms with Gasteiger partial charge in [0.1, 0.15) is 5.82 Å². The van der Waals surface area contributed by atoms with Crippen molar-refractivity contribution >= 4 is 15.7 Å². The molecular formula is C13H18N2O2S. The SMILES string of the molecule is CC1(C)C2CN(c3ccc(S(C)(=O)=O)cn3)CC21. The van der Waals surface area contributed by atoms with Crippen LogP contribution in [0.25, 0.3) is 0 Å². The Morgan fingerprint density at radius 3 is 2.33 bits per heavy atom. The van der Waals surface area contributed by atoms with Crippen molar-refractivity contribution in [2.75, 3.05) is 24.2 Å². The van der Waals surface area contributed by atoms with Crippen molar-refractivity contribution < 1.29 is 8.42 Å². The monoisotopic (exact) mass is 266 g/mol. The first-order chi connectivity index (χ1) is 8.30. The minimum Gasteiger partial charge on any atom is -0.356 e. The number of aromatic nitrogens is 1. The van der Waals surface area contributed by atoms with Gasteiger partial charge in [-0.15, -0.1) is 0 Å². The molecule has 0 bridgehead atoms. The standard InChI is InChI=1S/C13H18N2O2S/c1-13(2)10-7-15(8-11(10)13)12-5-4-9(6-14-12)18(3,16)17/h4-6,10-11H,7-8H2,1-3H3. The lowest BCUT2D eigenvalue weighted by molar-refractivity contribution is 0.498. The van der Waals surface area contributed by atoms with Crippen LogP contribution >= 0.6 is 0 Å². The second-order valence-corrected chi connectivity index (χ2v) is 8.08. The Kier molecular flexibility index (Phi) is 2.31. The Labute approximate surface area is 108 Å². The van der Waals surface area contributed by atoms with Crippen LogP contribution in [0.5, 0.6) is 0 Å². The minimum atomic E-state index is -3.14. The second kappa shape index (κ2) is 3.47. The van der Waals surface area contributed by atoms with Crippen LogP contribution in [0, 0.1) is 17.3 Å². The number of nitrogens with zero attached hydrogens (tertiary/aromatic N) is 2. The third kappa shape index (κ3) is 1.72. The van der Waals surface area contributed by atoms with E-state index in [-0.39, 0.29) is 4.90 Å². The van der Waals surface area contributed by atoms with Gasteiger partial charge in [-0.2, -0.15) is 0 Å². The largest absolute Gasteiger partial charge is 0.356 e. The van der Waals surface area contributed by atoms with Crippen molar-refractivity contribution in [1.82, 2.24) is 4.98 Å². The van der Waals surface area contributed by atoms with Gasteiger partial charge in [0, 0.05) is 25.5 Å². The third-order valence-electron chi connectivity index (χ3n) is 4.59. The summed E-state index contributed by atoms with van der Waals surface area (Å²) in [5, 5.41) is 0. The summed E-state index contributed by atoms with van der Waals surface area (Å²) in [4.78, 5) is 6.82. The Morgan fingerprint density at radius 1 is 1.28 bits per heavy atom. The summed E-state index contributed by atoms with van der Waals surface area (Å²) >= 11 is 0. The van der Waals surface area contributed by atoms with Gasteiger partial charge in [0.15, 0.2) is 9.84 Å². The lowest BCUT2D eigenvalue weighted by atomic mass is 10.1. The number of rotatable bonds is 2. The van der Waals surface area contributed by atoms with Gasteiger partial charge >= 0.3 is 0 Å². The van der Waals surface area contributed by atoms with Crippen LogP contribution in [0.15, 0.2) is 23.2 Å². The molecule has 5 heteroatoms. The van der Waals surface area contributed by atoms with E-state index in [1.807, 2.05) is 6.07 Å². The molecule has 0 radical (unpaired) electrons. The first-order valence-electron chi connectivity index (χ1n) is 6.21. The Morgan fingerprint density at radius 2 is 1.89 bits per heavy atom. The lowest BCUT2D eigenvalue weighted by Crippen LogP contribution is -2.26. The zero-order chi connectivity index (χ0) is 13.1. The first kappa shape index (κ1) is 12.0. The molecule has 98 valence electrons. The zero-order valence-corrected chi connectivity index (χ0v) is 11.7. The fourth-order valence-corrected chi connectivity index (χ4v) is 3.66. The van der Waals surface area contributed by atoms with Gasteiger partial charge in [0.25, 0.3) is 0 Å². The molecule has 0 N–H and O–H groups in total. The molecule has 1 aliphatic carbocycles. The third-order valence-corrected chi connectivity index (χ3v) is 5.69. The van der Waals surface area contributed by atoms with Crippen molar-refractivity contribution in [2.45, 2.75) is 18.7 Å². The van der Waals surface area contributed by atoms with Crippen LogP contribution in [0.4, 0.5) is 5.82 Å². The van der Waals surface area contributed by atoms with Gasteiger partial charge in [0.2, 0.25) is 0 Å². The molecule has 1 aliphatic heterocycles. The molecule has 3 rings (SSSR count). The van der Waals surface area contributed by atoms with Gasteiger partial charge in [-0.05, 0) is 29.4 Å². The van der Waals surface area contributed by atoms with Crippen molar-refractivity contribution in [2.24, 2.45) is 17.3 Å². The summed E-state index contributed by atoms with van der Waals surface area (Å²) in [6, 6.07) is 3.46. The molecule has 2 unspecified atom stereocenters. The van der Waals surface area contributed by atoms with Crippen molar-refractivity contribution in [3.63, 3.8) is 0 Å². The number of hydrogen-bond acceptors (Lipinski definition) is 4. The highest BCUT2D eigenvalue weighted by molar-refractivity contribution is 7.90. The van der Waals surface area contributed by atoms with Crippen LogP contribution in [-0.4, -0.2) is 32.7 Å². The summed E-state index contributed by atoms with van der Waals surface area (Å²) in [6.45, 7) is 6.73. The Balaban J connectivity index is 1.76. The number of sulfone groups is 1. The molecule has 2 atom stereocenters. The summed E-state index contributed by atoms with van der Waals surface area (Å²) in [6.07, 6.45) is 2.66. The predicted molar refractivity (Wildman–Crippen MR) is 70.3 cm³/mol. The zero-order valence-electron chi connectivity index (χ0n) is 10.9. The molecule has 1 saturated heterocycles. The van der Waals surface area contributed by atoms with Gasteiger partial charge in [-0.3, -0.25) is 0 Å². The molecule has 0 amide bonds. The maximum atomic E-state index is 11.4. The summed E-state index contributed by atoms with van der Waals surface area (Å²) in [5.74, 6) is 2.44. The molecule has 4 nitrogen and oxygen atoms in total. The number of hydrogen-bond donors (Lipinski definition) is 0. The van der Waals surface area contributed by atoms with Gasteiger partial charge in [-0.1, -0.05) is 13.8 Å². The van der Waals surface area contributed by atoms with Crippen molar-refractivity contribution in [3.8, 4) is 0 Å². The maximum Gasteiger partial charge on any atom is 0.177 e. The van der Waals surface area contributed by atoms with Gasteiger partial charge in [0.05, 0.1) is 4.90 Å². The van der Waals surface area contributed by atoms with E-state index < -0.39 is 9.84 Å². The number of piperidine rings is 1.